The van der Waals surface area contributed by atoms with Crippen molar-refractivity contribution in [3.8, 4) is 0 Å². The van der Waals surface area contributed by atoms with E-state index in [0.717, 1.165) is 38.2 Å². The van der Waals surface area contributed by atoms with Crippen LogP contribution in [0.3, 0.4) is 0 Å². The molecule has 0 spiro atoms. The number of benzene rings is 1. The second-order valence-corrected chi connectivity index (χ2v) is 5.23. The zero-order chi connectivity index (χ0) is 15.3. The summed E-state index contributed by atoms with van der Waals surface area (Å²) in [5.41, 5.74) is -0.998. The number of hydrogen-bond donors (Lipinski definition) is 1. The van der Waals surface area contributed by atoms with Crippen molar-refractivity contribution in [2.24, 2.45) is 0 Å². The number of carbonyl (C=O) groups is 1. The highest BCUT2D eigenvalue weighted by Gasteiger charge is 2.33. The van der Waals surface area contributed by atoms with E-state index in [4.69, 9.17) is 0 Å². The Morgan fingerprint density at radius 3 is 2.19 bits per heavy atom. The molecule has 1 aromatic rings. The number of urea groups is 1. The predicted molar refractivity (Wildman–Crippen MR) is 75.1 cm³/mol. The molecule has 1 aromatic carbocycles. The summed E-state index contributed by atoms with van der Waals surface area (Å²) in [6, 6.07) is 4.61. The Morgan fingerprint density at radius 1 is 1.00 bits per heavy atom. The van der Waals surface area contributed by atoms with Crippen LogP contribution in [0.2, 0.25) is 0 Å². The summed E-state index contributed by atoms with van der Waals surface area (Å²) in [5.74, 6) is 0. The highest BCUT2D eigenvalue weighted by atomic mass is 19.4. The lowest BCUT2D eigenvalue weighted by atomic mass is 10.1. The number of nitrogens with zero attached hydrogens (tertiary/aromatic N) is 1. The van der Waals surface area contributed by atoms with Crippen molar-refractivity contribution in [1.29, 1.82) is 0 Å². The van der Waals surface area contributed by atoms with Gasteiger partial charge in [0.15, 0.2) is 0 Å². The fourth-order valence-electron chi connectivity index (χ4n) is 2.48. The van der Waals surface area contributed by atoms with E-state index in [-0.39, 0.29) is 5.69 Å². The van der Waals surface area contributed by atoms with Crippen LogP contribution in [-0.4, -0.2) is 24.0 Å². The maximum atomic E-state index is 12.9. The molecule has 0 unspecified atom stereocenters. The highest BCUT2D eigenvalue weighted by molar-refractivity contribution is 5.90. The lowest BCUT2D eigenvalue weighted by Crippen LogP contribution is -2.37. The number of hydrogen-bond acceptors (Lipinski definition) is 1. The summed E-state index contributed by atoms with van der Waals surface area (Å²) in [6.07, 6.45) is 0.598. The van der Waals surface area contributed by atoms with Gasteiger partial charge in [0.25, 0.3) is 0 Å². The van der Waals surface area contributed by atoms with Crippen molar-refractivity contribution in [2.75, 3.05) is 18.4 Å². The van der Waals surface area contributed by atoms with Crippen LogP contribution in [-0.2, 0) is 6.18 Å². The molecule has 0 aliphatic carbocycles. The fraction of sp³-hybridized carbons (Fsp3) is 0.533. The summed E-state index contributed by atoms with van der Waals surface area (Å²) >= 11 is 0. The molecule has 1 aliphatic heterocycles. The third-order valence-electron chi connectivity index (χ3n) is 3.62. The minimum absolute atomic E-state index is 0.183. The number of carbonyl (C=O) groups excluding carboxylic acids is 1. The van der Waals surface area contributed by atoms with Crippen molar-refractivity contribution in [3.63, 3.8) is 0 Å². The van der Waals surface area contributed by atoms with E-state index < -0.39 is 17.8 Å². The van der Waals surface area contributed by atoms with Crippen LogP contribution in [0.5, 0.6) is 0 Å². The first kappa shape index (κ1) is 15.7. The summed E-state index contributed by atoms with van der Waals surface area (Å²) in [5, 5.41) is 2.40. The van der Waals surface area contributed by atoms with Gasteiger partial charge in [-0.1, -0.05) is 31.4 Å². The molecule has 6 heteroatoms. The van der Waals surface area contributed by atoms with Gasteiger partial charge in [-0.15, -0.1) is 0 Å². The van der Waals surface area contributed by atoms with E-state index in [1.165, 1.54) is 18.2 Å². The Balaban J connectivity index is 2.08. The molecule has 0 saturated carbocycles. The topological polar surface area (TPSA) is 32.3 Å². The summed E-state index contributed by atoms with van der Waals surface area (Å²) < 4.78 is 38.7. The van der Waals surface area contributed by atoms with E-state index in [0.29, 0.717) is 13.1 Å². The lowest BCUT2D eigenvalue weighted by Gasteiger charge is -2.25. The largest absolute Gasteiger partial charge is 0.418 e. The number of halogens is 3. The van der Waals surface area contributed by atoms with Crippen molar-refractivity contribution >= 4 is 11.7 Å². The minimum Gasteiger partial charge on any atom is -0.325 e. The van der Waals surface area contributed by atoms with Crippen molar-refractivity contribution in [3.05, 3.63) is 29.8 Å². The molecule has 1 N–H and O–H groups in total. The molecule has 1 saturated heterocycles. The second kappa shape index (κ2) is 6.83. The number of anilines is 1. The standard InChI is InChI=1S/C15H19F3N2O/c16-15(17,18)12-8-4-5-9-13(12)19-14(21)20-10-6-2-1-3-7-11-20/h4-5,8-9H,1-3,6-7,10-11H2,(H,19,21). The molecular formula is C15H19F3N2O. The van der Waals surface area contributed by atoms with Crippen LogP contribution in [0.1, 0.15) is 37.7 Å². The molecule has 1 heterocycles. The van der Waals surface area contributed by atoms with Gasteiger partial charge in [-0.3, -0.25) is 0 Å². The number of rotatable bonds is 1. The van der Waals surface area contributed by atoms with Gasteiger partial charge in [0.05, 0.1) is 11.3 Å². The molecule has 21 heavy (non-hydrogen) atoms. The zero-order valence-corrected chi connectivity index (χ0v) is 11.7. The Morgan fingerprint density at radius 2 is 1.57 bits per heavy atom. The van der Waals surface area contributed by atoms with E-state index in [1.807, 2.05) is 0 Å². The van der Waals surface area contributed by atoms with Gasteiger partial charge in [-0.25, -0.2) is 4.79 Å². The van der Waals surface area contributed by atoms with Gasteiger partial charge >= 0.3 is 12.2 Å². The molecule has 0 radical (unpaired) electrons. The number of alkyl halides is 3. The molecule has 1 aliphatic rings. The van der Waals surface area contributed by atoms with E-state index >= 15 is 0 Å². The van der Waals surface area contributed by atoms with Crippen LogP contribution >= 0.6 is 0 Å². The van der Waals surface area contributed by atoms with Crippen LogP contribution in [0.4, 0.5) is 23.7 Å². The van der Waals surface area contributed by atoms with Gasteiger partial charge in [-0.2, -0.15) is 13.2 Å². The number of likely N-dealkylation sites (tertiary alicyclic amines) is 1. The maximum Gasteiger partial charge on any atom is 0.418 e. The van der Waals surface area contributed by atoms with Crippen LogP contribution < -0.4 is 5.32 Å². The first-order valence-electron chi connectivity index (χ1n) is 7.20. The first-order valence-corrected chi connectivity index (χ1v) is 7.20. The molecule has 0 aromatic heterocycles. The minimum atomic E-state index is -4.47. The highest BCUT2D eigenvalue weighted by Crippen LogP contribution is 2.34. The fourth-order valence-corrected chi connectivity index (χ4v) is 2.48. The summed E-state index contributed by atoms with van der Waals surface area (Å²) in [4.78, 5) is 13.8. The lowest BCUT2D eigenvalue weighted by molar-refractivity contribution is -0.136. The first-order chi connectivity index (χ1) is 9.98. The Labute approximate surface area is 122 Å². The molecule has 0 atom stereocenters. The van der Waals surface area contributed by atoms with Gasteiger partial charge in [0.1, 0.15) is 0 Å². The second-order valence-electron chi connectivity index (χ2n) is 5.23. The van der Waals surface area contributed by atoms with Crippen molar-refractivity contribution in [1.82, 2.24) is 4.90 Å². The van der Waals surface area contributed by atoms with Crippen LogP contribution in [0, 0.1) is 0 Å². The van der Waals surface area contributed by atoms with E-state index in [1.54, 1.807) is 4.90 Å². The molecular weight excluding hydrogens is 281 g/mol. The Bertz CT molecular complexity index is 480. The molecule has 0 bridgehead atoms. The summed E-state index contributed by atoms with van der Waals surface area (Å²) in [7, 11) is 0. The smallest absolute Gasteiger partial charge is 0.325 e. The van der Waals surface area contributed by atoms with Gasteiger partial charge in [0.2, 0.25) is 0 Å². The van der Waals surface area contributed by atoms with Gasteiger partial charge in [-0.05, 0) is 25.0 Å². The van der Waals surface area contributed by atoms with Gasteiger partial charge in [0, 0.05) is 13.1 Å². The average Bonchev–Trinajstić information content (AvgIpc) is 2.37. The number of amides is 2. The predicted octanol–water partition coefficient (Wildman–Crippen LogP) is 4.50. The average molecular weight is 300 g/mol. The maximum absolute atomic E-state index is 12.9. The molecule has 1 fully saturated rings. The number of nitrogens with one attached hydrogen (secondary N) is 1. The molecule has 116 valence electrons. The monoisotopic (exact) mass is 300 g/mol. The van der Waals surface area contributed by atoms with Crippen molar-refractivity contribution in [2.45, 2.75) is 38.3 Å². The van der Waals surface area contributed by atoms with E-state index in [2.05, 4.69) is 5.32 Å². The number of para-hydroxylation sites is 1. The molecule has 2 amide bonds. The SMILES string of the molecule is O=C(Nc1ccccc1C(F)(F)F)N1CCCCCCC1. The Kier molecular flexibility index (Phi) is 5.09. The molecule has 2 rings (SSSR count). The zero-order valence-electron chi connectivity index (χ0n) is 11.7. The van der Waals surface area contributed by atoms with Crippen molar-refractivity contribution < 1.29 is 18.0 Å². The molecule has 3 nitrogen and oxygen atoms in total. The van der Waals surface area contributed by atoms with Crippen LogP contribution in [0.25, 0.3) is 0 Å². The van der Waals surface area contributed by atoms with Crippen LogP contribution in [0.15, 0.2) is 24.3 Å². The van der Waals surface area contributed by atoms with E-state index in [9.17, 15) is 18.0 Å². The third-order valence-corrected chi connectivity index (χ3v) is 3.62. The summed E-state index contributed by atoms with van der Waals surface area (Å²) in [6.45, 7) is 1.19. The third kappa shape index (κ3) is 4.37. The Hall–Kier alpha value is -1.72. The quantitative estimate of drug-likeness (QED) is 0.813. The normalized spacial score (nSPS) is 17.0. The van der Waals surface area contributed by atoms with Gasteiger partial charge < -0.3 is 10.2 Å².